The Hall–Kier alpha value is -1.72. The van der Waals surface area contributed by atoms with E-state index in [2.05, 4.69) is 4.89 Å². The van der Waals surface area contributed by atoms with Gasteiger partial charge >= 0.3 is 5.69 Å². The van der Waals surface area contributed by atoms with Crippen LogP contribution < -0.4 is 17.1 Å². The van der Waals surface area contributed by atoms with Crippen molar-refractivity contribution in [2.24, 2.45) is 0 Å². The van der Waals surface area contributed by atoms with Crippen molar-refractivity contribution in [2.75, 3.05) is 12.4 Å². The molecule has 2 rings (SSSR count). The van der Waals surface area contributed by atoms with E-state index in [1.54, 1.807) is 0 Å². The van der Waals surface area contributed by atoms with E-state index in [9.17, 15) is 14.7 Å². The predicted molar refractivity (Wildman–Crippen MR) is 59.6 cm³/mol. The third-order valence-electron chi connectivity index (χ3n) is 2.93. The van der Waals surface area contributed by atoms with E-state index in [0.717, 1.165) is 16.8 Å². The molecule has 0 aliphatic carbocycles. The van der Waals surface area contributed by atoms with E-state index in [0.29, 0.717) is 4.68 Å². The number of ether oxygens (including phenoxy) is 1. The van der Waals surface area contributed by atoms with Crippen LogP contribution in [0.25, 0.3) is 0 Å². The Morgan fingerprint density at radius 2 is 2.16 bits per heavy atom. The van der Waals surface area contributed by atoms with Gasteiger partial charge in [-0.1, -0.05) is 0 Å². The van der Waals surface area contributed by atoms with Gasteiger partial charge in [0.05, 0.1) is 6.61 Å². The predicted octanol–water partition coefficient (Wildman–Crippen LogP) is -3.17. The van der Waals surface area contributed by atoms with E-state index in [-0.39, 0.29) is 0 Å². The summed E-state index contributed by atoms with van der Waals surface area (Å²) in [6, 6.07) is 1.01. The highest BCUT2D eigenvalue weighted by Crippen LogP contribution is 2.29. The van der Waals surface area contributed by atoms with Gasteiger partial charge in [0.15, 0.2) is 12.3 Å². The lowest BCUT2D eigenvalue weighted by Crippen LogP contribution is -2.46. The van der Waals surface area contributed by atoms with Crippen LogP contribution in [0.4, 0.5) is 0 Å². The van der Waals surface area contributed by atoms with Crippen LogP contribution >= 0.6 is 0 Å². The molecule has 1 saturated heterocycles. The number of aliphatic hydroxyl groups is 2. The molecule has 1 aromatic rings. The number of hydrogen-bond donors (Lipinski definition) is 4. The van der Waals surface area contributed by atoms with E-state index >= 15 is 0 Å². The molecule has 1 fully saturated rings. The van der Waals surface area contributed by atoms with Crippen molar-refractivity contribution in [3.8, 4) is 0 Å². The molecule has 0 spiro atoms. The molecule has 5 N–H and O–H groups in total. The molecule has 1 aliphatic rings. The maximum atomic E-state index is 11.8. The molecule has 0 saturated carbocycles. The Labute approximate surface area is 105 Å². The summed E-state index contributed by atoms with van der Waals surface area (Å²) in [5.41, 5.74) is -1.63. The molecule has 0 bridgehead atoms. The molecule has 19 heavy (non-hydrogen) atoms. The van der Waals surface area contributed by atoms with Crippen LogP contribution in [0.2, 0.25) is 0 Å². The fraction of sp³-hybridized carbons (Fsp3) is 0.556. The fourth-order valence-corrected chi connectivity index (χ4v) is 1.91. The zero-order chi connectivity index (χ0) is 14.2. The van der Waals surface area contributed by atoms with Gasteiger partial charge in [-0.05, 0) is 0 Å². The number of aromatic nitrogens is 2. The third-order valence-corrected chi connectivity index (χ3v) is 2.93. The minimum atomic E-state index is -1.34. The molecule has 0 radical (unpaired) electrons. The van der Waals surface area contributed by atoms with Gasteiger partial charge < -0.3 is 20.8 Å². The summed E-state index contributed by atoms with van der Waals surface area (Å²) in [6.07, 6.45) is -3.80. The molecule has 10 heteroatoms. The van der Waals surface area contributed by atoms with Crippen molar-refractivity contribution in [2.45, 2.75) is 24.5 Å². The van der Waals surface area contributed by atoms with E-state index < -0.39 is 42.4 Å². The zero-order valence-corrected chi connectivity index (χ0v) is 9.62. The number of nitrogen functional groups attached to an aromatic ring is 1. The molecule has 0 aromatic carbocycles. The Morgan fingerprint density at radius 1 is 1.47 bits per heavy atom. The Kier molecular flexibility index (Phi) is 3.68. The second-order valence-corrected chi connectivity index (χ2v) is 4.02. The minimum absolute atomic E-state index is 0.344. The van der Waals surface area contributed by atoms with Gasteiger partial charge in [-0.25, -0.2) is 9.68 Å². The Bertz CT molecular complexity index is 568. The Morgan fingerprint density at radius 3 is 2.74 bits per heavy atom. The van der Waals surface area contributed by atoms with Crippen LogP contribution in [0.1, 0.15) is 6.23 Å². The van der Waals surface area contributed by atoms with E-state index in [4.69, 9.17) is 20.9 Å². The zero-order valence-electron chi connectivity index (χ0n) is 9.62. The highest BCUT2D eigenvalue weighted by Gasteiger charge is 2.46. The first-order valence-electron chi connectivity index (χ1n) is 5.35. The lowest BCUT2D eigenvalue weighted by atomic mass is 10.1. The van der Waals surface area contributed by atoms with Crippen molar-refractivity contribution in [3.05, 3.63) is 33.1 Å². The number of nitrogens with two attached hydrogens (primary N) is 1. The topological polar surface area (TPSA) is 149 Å². The smallest absolute Gasteiger partial charge is 0.351 e. The number of aliphatic hydroxyl groups excluding tert-OH is 2. The van der Waals surface area contributed by atoms with Crippen molar-refractivity contribution < 1.29 is 25.1 Å². The standard InChI is InChI=1S/C9H13N3O7/c10-12-5(14)1-2-11(9(12)16)8-7(19-17)6(15)4(3-13)18-8/h1-2,4,6-8,13,15,17H,3,10H2/t4-,6?,7?,8-/m0/s1. The van der Waals surface area contributed by atoms with Crippen molar-refractivity contribution in [1.82, 2.24) is 9.24 Å². The third kappa shape index (κ3) is 2.15. The van der Waals surface area contributed by atoms with Gasteiger partial charge in [-0.2, -0.15) is 4.68 Å². The maximum absolute atomic E-state index is 11.8. The van der Waals surface area contributed by atoms with Crippen LogP contribution in [0.5, 0.6) is 0 Å². The molecule has 2 heterocycles. The minimum Gasteiger partial charge on any atom is -0.394 e. The fourth-order valence-electron chi connectivity index (χ4n) is 1.91. The van der Waals surface area contributed by atoms with Crippen LogP contribution in [-0.2, 0) is 9.62 Å². The summed E-state index contributed by atoms with van der Waals surface area (Å²) in [5.74, 6) is 5.24. The molecule has 106 valence electrons. The second kappa shape index (κ2) is 5.11. The van der Waals surface area contributed by atoms with Crippen molar-refractivity contribution >= 4 is 0 Å². The number of hydrogen-bond acceptors (Lipinski definition) is 8. The first-order chi connectivity index (χ1) is 9.01. The second-order valence-electron chi connectivity index (χ2n) is 4.02. The van der Waals surface area contributed by atoms with Gasteiger partial charge in [-0.15, -0.1) is 0 Å². The highest BCUT2D eigenvalue weighted by molar-refractivity contribution is 4.94. The van der Waals surface area contributed by atoms with Gasteiger partial charge in [0.2, 0.25) is 0 Å². The molecule has 0 amide bonds. The summed E-state index contributed by atoms with van der Waals surface area (Å²) >= 11 is 0. The molecule has 10 nitrogen and oxygen atoms in total. The maximum Gasteiger partial charge on any atom is 0.351 e. The molecule has 1 aromatic heterocycles. The van der Waals surface area contributed by atoms with Gasteiger partial charge in [0.1, 0.15) is 12.2 Å². The van der Waals surface area contributed by atoms with Crippen LogP contribution in [0, 0.1) is 0 Å². The molecular weight excluding hydrogens is 262 g/mol. The van der Waals surface area contributed by atoms with Gasteiger partial charge in [0, 0.05) is 12.3 Å². The lowest BCUT2D eigenvalue weighted by molar-refractivity contribution is -0.305. The van der Waals surface area contributed by atoms with Crippen molar-refractivity contribution in [1.29, 1.82) is 0 Å². The van der Waals surface area contributed by atoms with Gasteiger partial charge in [-0.3, -0.25) is 14.6 Å². The van der Waals surface area contributed by atoms with Crippen LogP contribution in [0.15, 0.2) is 21.9 Å². The molecule has 1 aliphatic heterocycles. The first-order valence-corrected chi connectivity index (χ1v) is 5.35. The van der Waals surface area contributed by atoms with E-state index in [1.165, 1.54) is 0 Å². The quantitative estimate of drug-likeness (QED) is 0.256. The average Bonchev–Trinajstić information content (AvgIpc) is 2.72. The molecule has 2 unspecified atom stereocenters. The summed E-state index contributed by atoms with van der Waals surface area (Å²) < 4.78 is 6.42. The normalized spacial score (nSPS) is 30.7. The lowest BCUT2D eigenvalue weighted by Gasteiger charge is -2.19. The Balaban J connectivity index is 2.44. The summed E-state index contributed by atoms with van der Waals surface area (Å²) in [7, 11) is 0. The number of rotatable bonds is 3. The van der Waals surface area contributed by atoms with Gasteiger partial charge in [0.25, 0.3) is 5.56 Å². The first kappa shape index (κ1) is 13.7. The number of nitrogens with zero attached hydrogens (tertiary/aromatic N) is 2. The molecule has 4 atom stereocenters. The summed E-state index contributed by atoms with van der Waals surface area (Å²) in [5, 5.41) is 27.5. The SMILES string of the molecule is Nn1c(=O)ccn([C@H]2O[C@@H](CO)C(O)C2OO)c1=O. The van der Waals surface area contributed by atoms with Crippen LogP contribution in [0.3, 0.4) is 0 Å². The monoisotopic (exact) mass is 275 g/mol. The molecular formula is C9H13N3O7. The average molecular weight is 275 g/mol. The van der Waals surface area contributed by atoms with E-state index in [1.807, 2.05) is 0 Å². The van der Waals surface area contributed by atoms with Crippen molar-refractivity contribution in [3.63, 3.8) is 0 Å². The largest absolute Gasteiger partial charge is 0.394 e. The highest BCUT2D eigenvalue weighted by atomic mass is 17.1. The van der Waals surface area contributed by atoms with Crippen LogP contribution in [-0.4, -0.2) is 49.6 Å². The summed E-state index contributed by atoms with van der Waals surface area (Å²) in [6.45, 7) is -0.533. The summed E-state index contributed by atoms with van der Waals surface area (Å²) in [4.78, 5) is 27.0.